The highest BCUT2D eigenvalue weighted by molar-refractivity contribution is 6.42. The number of benzene rings is 2. The Hall–Kier alpha value is -2.11. The van der Waals surface area contributed by atoms with E-state index < -0.39 is 11.7 Å². The van der Waals surface area contributed by atoms with Crippen molar-refractivity contribution in [3.8, 4) is 0 Å². The van der Waals surface area contributed by atoms with E-state index in [1.165, 1.54) is 36.1 Å². The van der Waals surface area contributed by atoms with Gasteiger partial charge in [0.25, 0.3) is 0 Å². The lowest BCUT2D eigenvalue weighted by molar-refractivity contribution is -0.120. The maximum atomic E-state index is 13.3. The molecule has 0 saturated heterocycles. The normalized spacial score (nSPS) is 10.3. The first-order valence-corrected chi connectivity index (χ1v) is 7.41. The third-order valence-corrected chi connectivity index (χ3v) is 3.74. The predicted molar refractivity (Wildman–Crippen MR) is 89.5 cm³/mol. The molecule has 7 heteroatoms. The van der Waals surface area contributed by atoms with Gasteiger partial charge in [0.15, 0.2) is 0 Å². The fraction of sp³-hybridized carbons (Fsp3) is 0.125. The van der Waals surface area contributed by atoms with E-state index in [9.17, 15) is 14.0 Å². The molecule has 0 aliphatic rings. The molecule has 120 valence electrons. The fourth-order valence-corrected chi connectivity index (χ4v) is 2.24. The van der Waals surface area contributed by atoms with Crippen molar-refractivity contribution in [3.05, 3.63) is 58.3 Å². The Morgan fingerprint density at radius 2 is 1.87 bits per heavy atom. The molecule has 0 atom stereocenters. The smallest absolute Gasteiger partial charge is 0.244 e. The summed E-state index contributed by atoms with van der Waals surface area (Å²) in [7, 11) is 0. The van der Waals surface area contributed by atoms with Gasteiger partial charge in [-0.25, -0.2) is 4.39 Å². The summed E-state index contributed by atoms with van der Waals surface area (Å²) >= 11 is 11.7. The number of halogens is 3. The Balaban J connectivity index is 2.12. The molecule has 0 fully saturated rings. The van der Waals surface area contributed by atoms with Crippen molar-refractivity contribution < 1.29 is 14.0 Å². The molecule has 2 aromatic carbocycles. The molecule has 2 aromatic rings. The van der Waals surface area contributed by atoms with Crippen molar-refractivity contribution >= 4 is 46.4 Å². The number of anilines is 2. The zero-order valence-electron chi connectivity index (χ0n) is 12.1. The van der Waals surface area contributed by atoms with Crippen LogP contribution in [0.5, 0.6) is 0 Å². The van der Waals surface area contributed by atoms with E-state index in [2.05, 4.69) is 5.32 Å². The molecule has 0 aromatic heterocycles. The Morgan fingerprint density at radius 1 is 1.13 bits per heavy atom. The van der Waals surface area contributed by atoms with Gasteiger partial charge in [-0.3, -0.25) is 9.59 Å². The second kappa shape index (κ2) is 7.44. The highest BCUT2D eigenvalue weighted by atomic mass is 35.5. The summed E-state index contributed by atoms with van der Waals surface area (Å²) in [6.07, 6.45) is 0. The Bertz CT molecular complexity index is 753. The zero-order chi connectivity index (χ0) is 17.0. The van der Waals surface area contributed by atoms with Crippen LogP contribution in [0.1, 0.15) is 6.92 Å². The highest BCUT2D eigenvalue weighted by Crippen LogP contribution is 2.25. The molecule has 23 heavy (non-hydrogen) atoms. The van der Waals surface area contributed by atoms with Crippen LogP contribution in [0.3, 0.4) is 0 Å². The average Bonchev–Trinajstić information content (AvgIpc) is 2.48. The van der Waals surface area contributed by atoms with Crippen LogP contribution in [-0.4, -0.2) is 18.4 Å². The first-order valence-electron chi connectivity index (χ1n) is 6.65. The lowest BCUT2D eigenvalue weighted by Gasteiger charge is -2.20. The monoisotopic (exact) mass is 354 g/mol. The molecule has 0 aliphatic carbocycles. The number of hydrogen-bond acceptors (Lipinski definition) is 2. The summed E-state index contributed by atoms with van der Waals surface area (Å²) in [5.41, 5.74) is 0.758. The van der Waals surface area contributed by atoms with Gasteiger partial charge < -0.3 is 10.2 Å². The second-order valence-corrected chi connectivity index (χ2v) is 5.58. The third kappa shape index (κ3) is 4.68. The topological polar surface area (TPSA) is 49.4 Å². The maximum absolute atomic E-state index is 13.3. The first kappa shape index (κ1) is 17.2. The summed E-state index contributed by atoms with van der Waals surface area (Å²) in [6, 6.07) is 10.1. The predicted octanol–water partition coefficient (Wildman–Crippen LogP) is 4.12. The van der Waals surface area contributed by atoms with Gasteiger partial charge in [0.05, 0.1) is 10.0 Å². The van der Waals surface area contributed by atoms with E-state index >= 15 is 0 Å². The molecule has 0 aliphatic heterocycles. The standard InChI is InChI=1S/C16H13Cl2FN2O2/c1-10(22)21(13-4-2-3-11(19)7-13)9-16(23)20-12-5-6-14(17)15(18)8-12/h2-8H,9H2,1H3,(H,20,23). The quantitative estimate of drug-likeness (QED) is 0.897. The van der Waals surface area contributed by atoms with Gasteiger partial charge in [0, 0.05) is 18.3 Å². The minimum absolute atomic E-state index is 0.251. The van der Waals surface area contributed by atoms with E-state index in [4.69, 9.17) is 23.2 Å². The van der Waals surface area contributed by atoms with E-state index in [1.807, 2.05) is 0 Å². The molecule has 2 rings (SSSR count). The van der Waals surface area contributed by atoms with E-state index in [0.29, 0.717) is 21.4 Å². The van der Waals surface area contributed by atoms with Gasteiger partial charge in [0.2, 0.25) is 11.8 Å². The van der Waals surface area contributed by atoms with Crippen molar-refractivity contribution in [2.45, 2.75) is 6.92 Å². The molecular formula is C16H13Cl2FN2O2. The zero-order valence-corrected chi connectivity index (χ0v) is 13.7. The Kier molecular flexibility index (Phi) is 5.58. The van der Waals surface area contributed by atoms with Crippen LogP contribution in [0, 0.1) is 5.82 Å². The summed E-state index contributed by atoms with van der Waals surface area (Å²) in [4.78, 5) is 25.0. The van der Waals surface area contributed by atoms with Crippen LogP contribution in [0.4, 0.5) is 15.8 Å². The van der Waals surface area contributed by atoms with Gasteiger partial charge >= 0.3 is 0 Å². The van der Waals surface area contributed by atoms with Crippen molar-refractivity contribution in [1.82, 2.24) is 0 Å². The number of hydrogen-bond donors (Lipinski definition) is 1. The highest BCUT2D eigenvalue weighted by Gasteiger charge is 2.16. The van der Waals surface area contributed by atoms with Crippen molar-refractivity contribution in [3.63, 3.8) is 0 Å². The van der Waals surface area contributed by atoms with Crippen molar-refractivity contribution in [2.75, 3.05) is 16.8 Å². The van der Waals surface area contributed by atoms with Crippen molar-refractivity contribution in [2.24, 2.45) is 0 Å². The van der Waals surface area contributed by atoms with E-state index in [1.54, 1.807) is 18.2 Å². The number of rotatable bonds is 4. The molecule has 1 N–H and O–H groups in total. The average molecular weight is 355 g/mol. The molecule has 0 saturated carbocycles. The van der Waals surface area contributed by atoms with Crippen LogP contribution >= 0.6 is 23.2 Å². The summed E-state index contributed by atoms with van der Waals surface area (Å²) in [5.74, 6) is -1.30. The van der Waals surface area contributed by atoms with Crippen LogP contribution in [0.2, 0.25) is 10.0 Å². The molecule has 0 bridgehead atoms. The first-order chi connectivity index (χ1) is 10.9. The Morgan fingerprint density at radius 3 is 2.48 bits per heavy atom. The van der Waals surface area contributed by atoms with Gasteiger partial charge in [-0.2, -0.15) is 0 Å². The lowest BCUT2D eigenvalue weighted by atomic mass is 10.2. The van der Waals surface area contributed by atoms with Crippen LogP contribution in [-0.2, 0) is 9.59 Å². The molecule has 0 spiro atoms. The second-order valence-electron chi connectivity index (χ2n) is 4.76. The van der Waals surface area contributed by atoms with E-state index in [-0.39, 0.29) is 12.5 Å². The molecule has 4 nitrogen and oxygen atoms in total. The summed E-state index contributed by atoms with van der Waals surface area (Å²) < 4.78 is 13.3. The summed E-state index contributed by atoms with van der Waals surface area (Å²) in [6.45, 7) is 1.05. The maximum Gasteiger partial charge on any atom is 0.244 e. The molecule has 0 unspecified atom stereocenters. The Labute approximate surface area is 142 Å². The van der Waals surface area contributed by atoms with Gasteiger partial charge in [-0.05, 0) is 36.4 Å². The van der Waals surface area contributed by atoms with Crippen LogP contribution in [0.25, 0.3) is 0 Å². The number of carbonyl (C=O) groups excluding carboxylic acids is 2. The van der Waals surface area contributed by atoms with Gasteiger partial charge in [0.1, 0.15) is 12.4 Å². The molecule has 0 heterocycles. The SMILES string of the molecule is CC(=O)N(CC(=O)Nc1ccc(Cl)c(Cl)c1)c1cccc(F)c1. The van der Waals surface area contributed by atoms with Gasteiger partial charge in [-0.1, -0.05) is 29.3 Å². The summed E-state index contributed by atoms with van der Waals surface area (Å²) in [5, 5.41) is 3.28. The molecule has 2 amide bonds. The lowest BCUT2D eigenvalue weighted by Crippen LogP contribution is -2.36. The molecular weight excluding hydrogens is 342 g/mol. The number of nitrogens with one attached hydrogen (secondary N) is 1. The largest absolute Gasteiger partial charge is 0.324 e. The van der Waals surface area contributed by atoms with E-state index in [0.717, 1.165) is 0 Å². The minimum Gasteiger partial charge on any atom is -0.324 e. The number of nitrogens with zero attached hydrogens (tertiary/aromatic N) is 1. The van der Waals surface area contributed by atoms with Crippen LogP contribution in [0.15, 0.2) is 42.5 Å². The van der Waals surface area contributed by atoms with Gasteiger partial charge in [-0.15, -0.1) is 0 Å². The van der Waals surface area contributed by atoms with Crippen LogP contribution < -0.4 is 10.2 Å². The number of amides is 2. The fourth-order valence-electron chi connectivity index (χ4n) is 1.95. The number of carbonyl (C=O) groups is 2. The molecule has 0 radical (unpaired) electrons. The third-order valence-electron chi connectivity index (χ3n) is 3.01. The van der Waals surface area contributed by atoms with Crippen molar-refractivity contribution in [1.29, 1.82) is 0 Å². The minimum atomic E-state index is -0.487.